The number of benzene rings is 2. The first-order valence-corrected chi connectivity index (χ1v) is 21.8. The SMILES string of the molecule is O=S(=O)(O)[P+](CCCCC[P+](c1ccccc1)(S(=O)(=O)O)S(=O)(=O)O)(c1ccccc1)S(=O)(=O)O. The summed E-state index contributed by atoms with van der Waals surface area (Å²) in [6.45, 7) is 0. The smallest absolute Gasteiger partial charge is 0.256 e. The molecule has 35 heavy (non-hydrogen) atoms. The first kappa shape index (κ1) is 30.2. The van der Waals surface area contributed by atoms with Crippen LogP contribution in [0.5, 0.6) is 0 Å². The van der Waals surface area contributed by atoms with Gasteiger partial charge in [0.2, 0.25) is 0 Å². The molecule has 0 saturated carbocycles. The molecule has 0 unspecified atom stereocenters. The number of rotatable bonds is 12. The molecule has 0 aliphatic heterocycles. The van der Waals surface area contributed by atoms with E-state index in [-0.39, 0.29) is 29.9 Å². The summed E-state index contributed by atoms with van der Waals surface area (Å²) in [6.07, 6.45) is -2.26. The number of hydrogen-bond acceptors (Lipinski definition) is 8. The molecule has 0 aliphatic carbocycles. The summed E-state index contributed by atoms with van der Waals surface area (Å²) in [5.74, 6) is 0. The summed E-state index contributed by atoms with van der Waals surface area (Å²) in [5, 5.41) is -0.654. The molecule has 0 atom stereocenters. The topological polar surface area (TPSA) is 217 Å². The third-order valence-corrected chi connectivity index (χ3v) is 32.6. The van der Waals surface area contributed by atoms with Gasteiger partial charge in [-0.25, -0.2) is 0 Å². The molecule has 4 N–H and O–H groups in total. The van der Waals surface area contributed by atoms with E-state index in [4.69, 9.17) is 0 Å². The summed E-state index contributed by atoms with van der Waals surface area (Å²) in [4.78, 5) is 0. The van der Waals surface area contributed by atoms with Gasteiger partial charge in [0.25, 0.3) is 0 Å². The zero-order valence-electron chi connectivity index (χ0n) is 17.9. The van der Waals surface area contributed by atoms with Gasteiger partial charge in [-0.05, 0) is 43.5 Å². The molecule has 12 nitrogen and oxygen atoms in total. The lowest BCUT2D eigenvalue weighted by Gasteiger charge is -2.20. The second kappa shape index (κ2) is 10.7. The Morgan fingerprint density at radius 2 is 0.714 bits per heavy atom. The Labute approximate surface area is 204 Å². The fraction of sp³-hybridized carbons (Fsp3) is 0.294. The Hall–Kier alpha value is -1.06. The number of unbranched alkanes of at least 4 members (excludes halogenated alkanes) is 2. The van der Waals surface area contributed by atoms with Crippen molar-refractivity contribution >= 4 is 60.9 Å². The maximum absolute atomic E-state index is 12.2. The van der Waals surface area contributed by atoms with Gasteiger partial charge in [-0.1, -0.05) is 36.4 Å². The van der Waals surface area contributed by atoms with Gasteiger partial charge in [0.05, 0.1) is 12.3 Å². The average molecular weight is 611 g/mol. The van der Waals surface area contributed by atoms with Crippen LogP contribution >= 0.6 is 11.3 Å². The maximum atomic E-state index is 12.2. The number of hydrogen-bond donors (Lipinski definition) is 4. The molecule has 0 bridgehead atoms. The van der Waals surface area contributed by atoms with Gasteiger partial charge in [-0.3, -0.25) is 18.2 Å². The van der Waals surface area contributed by atoms with E-state index in [9.17, 15) is 51.9 Å². The van der Waals surface area contributed by atoms with Crippen molar-refractivity contribution in [1.29, 1.82) is 0 Å². The summed E-state index contributed by atoms with van der Waals surface area (Å²) in [7, 11) is -21.3. The third kappa shape index (κ3) is 5.93. The summed E-state index contributed by atoms with van der Waals surface area (Å²) in [6, 6.07) is 12.7. The van der Waals surface area contributed by atoms with Gasteiger partial charge in [0.1, 0.15) is 10.6 Å². The lowest BCUT2D eigenvalue weighted by Crippen LogP contribution is -2.29. The quantitative estimate of drug-likeness (QED) is 0.154. The standard InChI is InChI=1S/C17H22O12P2S4/c18-32(19,20)30(33(21,22)23,16-10-4-1-5-11-16)14-8-3-9-15-31(34(24,25)26,35(27,28)29)17-12-6-2-7-13-17/h1-2,4-7,10-13H,3,8-9,14-15H2,(H2-2,18,19,20,21,22,23,24,25,26,27,28,29)/p+2. The predicted octanol–water partition coefficient (Wildman–Crippen LogP) is 2.05. The van der Waals surface area contributed by atoms with E-state index in [1.807, 2.05) is 0 Å². The van der Waals surface area contributed by atoms with Crippen LogP contribution in [-0.4, -0.2) is 64.2 Å². The molecule has 0 spiro atoms. The zero-order chi connectivity index (χ0) is 26.8. The molecule has 18 heteroatoms. The van der Waals surface area contributed by atoms with E-state index >= 15 is 0 Å². The van der Waals surface area contributed by atoms with Gasteiger partial charge in [0, 0.05) is 0 Å². The molecule has 0 fully saturated rings. The highest BCUT2D eigenvalue weighted by molar-refractivity contribution is 8.89. The van der Waals surface area contributed by atoms with Crippen molar-refractivity contribution < 1.29 is 51.9 Å². The minimum Gasteiger partial charge on any atom is -0.256 e. The molecule has 2 rings (SSSR count). The van der Waals surface area contributed by atoms with E-state index in [1.165, 1.54) is 36.4 Å². The van der Waals surface area contributed by atoms with Crippen LogP contribution in [0.4, 0.5) is 0 Å². The van der Waals surface area contributed by atoms with Gasteiger partial charge < -0.3 is 0 Å². The minimum absolute atomic E-state index is 0.167. The van der Waals surface area contributed by atoms with Crippen LogP contribution in [0.3, 0.4) is 0 Å². The van der Waals surface area contributed by atoms with Crippen molar-refractivity contribution in [3.05, 3.63) is 60.7 Å². The Balaban J connectivity index is 2.39. The lowest BCUT2D eigenvalue weighted by atomic mass is 10.3. The fourth-order valence-electron chi connectivity index (χ4n) is 3.62. The van der Waals surface area contributed by atoms with E-state index < -0.39 is 62.6 Å². The molecule has 0 saturated heterocycles. The Morgan fingerprint density at radius 1 is 0.457 bits per heavy atom. The predicted molar refractivity (Wildman–Crippen MR) is 136 cm³/mol. The Kier molecular flexibility index (Phi) is 9.26. The Morgan fingerprint density at radius 3 is 0.943 bits per heavy atom. The molecular weight excluding hydrogens is 586 g/mol. The van der Waals surface area contributed by atoms with Crippen molar-refractivity contribution in [2.45, 2.75) is 19.3 Å². The van der Waals surface area contributed by atoms with Crippen LogP contribution in [0.15, 0.2) is 60.7 Å². The highest BCUT2D eigenvalue weighted by Crippen LogP contribution is 2.69. The maximum Gasteiger partial charge on any atom is 0.404 e. The molecule has 0 aliphatic rings. The van der Waals surface area contributed by atoms with Crippen LogP contribution in [0, 0.1) is 0 Å². The summed E-state index contributed by atoms with van der Waals surface area (Å²) >= 11 is 0. The van der Waals surface area contributed by atoms with E-state index in [0.29, 0.717) is 0 Å². The van der Waals surface area contributed by atoms with Crippen LogP contribution in [0.1, 0.15) is 19.3 Å². The minimum atomic E-state index is -5.33. The average Bonchev–Trinajstić information content (AvgIpc) is 2.71. The van der Waals surface area contributed by atoms with Gasteiger partial charge in [-0.15, -0.1) is 0 Å². The van der Waals surface area contributed by atoms with Crippen molar-refractivity contribution in [3.8, 4) is 0 Å². The highest BCUT2D eigenvalue weighted by Gasteiger charge is 2.66. The monoisotopic (exact) mass is 610 g/mol. The second-order valence-electron chi connectivity index (χ2n) is 7.32. The summed E-state index contributed by atoms with van der Waals surface area (Å²) < 4.78 is 137. The van der Waals surface area contributed by atoms with Crippen molar-refractivity contribution in [1.82, 2.24) is 0 Å². The first-order chi connectivity index (χ1) is 15.9. The highest BCUT2D eigenvalue weighted by atomic mass is 33.2. The second-order valence-corrected chi connectivity index (χ2v) is 29.9. The molecule has 0 aromatic heterocycles. The molecule has 0 amide bonds. The first-order valence-electron chi connectivity index (χ1n) is 9.69. The van der Waals surface area contributed by atoms with E-state index in [1.54, 1.807) is 0 Å². The van der Waals surface area contributed by atoms with Gasteiger partial charge >= 0.3 is 50.3 Å². The van der Waals surface area contributed by atoms with Crippen LogP contribution in [0.25, 0.3) is 0 Å². The molecule has 2 aromatic carbocycles. The molecule has 2 aromatic rings. The molecule has 0 radical (unpaired) electrons. The molecule has 196 valence electrons. The third-order valence-electron chi connectivity index (χ3n) is 5.19. The summed E-state index contributed by atoms with van der Waals surface area (Å²) in [5.41, 5.74) is -9.38. The van der Waals surface area contributed by atoms with E-state index in [2.05, 4.69) is 0 Å². The van der Waals surface area contributed by atoms with Crippen molar-refractivity contribution in [3.63, 3.8) is 0 Å². The van der Waals surface area contributed by atoms with Crippen LogP contribution in [-0.2, 0) is 39.0 Å². The Bertz CT molecular complexity index is 1280. The lowest BCUT2D eigenvalue weighted by molar-refractivity contribution is 0.491. The molecule has 0 heterocycles. The van der Waals surface area contributed by atoms with Crippen molar-refractivity contribution in [2.75, 3.05) is 12.3 Å². The normalized spacial score (nSPS) is 14.1. The van der Waals surface area contributed by atoms with Gasteiger partial charge in [0.15, 0.2) is 0 Å². The molecular formula is C17H24O12P2S4+2. The van der Waals surface area contributed by atoms with Crippen LogP contribution in [0.2, 0.25) is 0 Å². The zero-order valence-corrected chi connectivity index (χ0v) is 22.9. The van der Waals surface area contributed by atoms with Gasteiger partial charge in [-0.2, -0.15) is 33.7 Å². The largest absolute Gasteiger partial charge is 0.404 e. The fourth-order valence-corrected chi connectivity index (χ4v) is 23.8. The van der Waals surface area contributed by atoms with Crippen molar-refractivity contribution in [2.24, 2.45) is 0 Å². The van der Waals surface area contributed by atoms with Crippen LogP contribution < -0.4 is 10.6 Å². The van der Waals surface area contributed by atoms with E-state index in [0.717, 1.165) is 24.3 Å².